The molecule has 0 aromatic carbocycles. The van der Waals surface area contributed by atoms with E-state index in [0.717, 1.165) is 24.8 Å². The summed E-state index contributed by atoms with van der Waals surface area (Å²) in [7, 11) is 0. The first-order valence-corrected chi connectivity index (χ1v) is 7.78. The molecule has 0 radical (unpaired) electrons. The topological polar surface area (TPSA) is 45.2 Å². The van der Waals surface area contributed by atoms with E-state index in [-0.39, 0.29) is 0 Å². The Morgan fingerprint density at radius 3 is 2.29 bits per heavy atom. The molecule has 2 aromatic rings. The quantitative estimate of drug-likeness (QED) is 0.845. The van der Waals surface area contributed by atoms with Crippen LogP contribution in [-0.2, 0) is 12.7 Å². The number of aromatic nitrogens is 3. The summed E-state index contributed by atoms with van der Waals surface area (Å²) in [5.41, 5.74) is -0.0409. The molecular formula is C15H15ClF3N5. The predicted octanol–water partition coefficient (Wildman–Crippen LogP) is 2.87. The highest BCUT2D eigenvalue weighted by atomic mass is 35.5. The van der Waals surface area contributed by atoms with E-state index in [1.807, 2.05) is 11.0 Å². The van der Waals surface area contributed by atoms with Crippen LogP contribution in [0.4, 0.5) is 19.0 Å². The number of rotatable bonds is 3. The first-order valence-electron chi connectivity index (χ1n) is 7.40. The Morgan fingerprint density at radius 2 is 1.75 bits per heavy atom. The lowest BCUT2D eigenvalue weighted by Crippen LogP contribution is -2.46. The SMILES string of the molecule is FC(F)(F)c1ccc(N2CCN(Cc3ccc(Cl)cn3)CC2)nn1. The maximum atomic E-state index is 12.5. The highest BCUT2D eigenvalue weighted by Crippen LogP contribution is 2.27. The minimum atomic E-state index is -4.46. The zero-order valence-corrected chi connectivity index (χ0v) is 13.4. The molecule has 1 saturated heterocycles. The van der Waals surface area contributed by atoms with Crippen LogP contribution in [0.2, 0.25) is 5.02 Å². The second kappa shape index (κ2) is 6.90. The van der Waals surface area contributed by atoms with Gasteiger partial charge in [-0.2, -0.15) is 13.2 Å². The molecule has 0 spiro atoms. The standard InChI is InChI=1S/C15H15ClF3N5/c16-11-1-2-12(20-9-11)10-23-5-7-24(8-6-23)14-4-3-13(21-22-14)15(17,18)19/h1-4,9H,5-8,10H2. The molecule has 0 saturated carbocycles. The van der Waals surface area contributed by atoms with Crippen molar-refractivity contribution in [2.24, 2.45) is 0 Å². The van der Waals surface area contributed by atoms with Crippen molar-refractivity contribution in [1.29, 1.82) is 0 Å². The predicted molar refractivity (Wildman–Crippen MR) is 83.8 cm³/mol. The number of pyridine rings is 1. The number of halogens is 4. The van der Waals surface area contributed by atoms with Crippen molar-refractivity contribution in [1.82, 2.24) is 20.1 Å². The second-order valence-corrected chi connectivity index (χ2v) is 5.94. The van der Waals surface area contributed by atoms with E-state index in [1.165, 1.54) is 6.07 Å². The fourth-order valence-corrected chi connectivity index (χ4v) is 2.62. The molecule has 1 aliphatic rings. The number of nitrogens with zero attached hydrogens (tertiary/aromatic N) is 5. The largest absolute Gasteiger partial charge is 0.435 e. The van der Waals surface area contributed by atoms with Crippen LogP contribution >= 0.6 is 11.6 Å². The van der Waals surface area contributed by atoms with Gasteiger partial charge in [-0.3, -0.25) is 9.88 Å². The van der Waals surface area contributed by atoms with Crippen molar-refractivity contribution >= 4 is 17.4 Å². The normalized spacial score (nSPS) is 16.4. The van der Waals surface area contributed by atoms with Crippen LogP contribution in [-0.4, -0.2) is 46.3 Å². The molecule has 0 bridgehead atoms. The minimum Gasteiger partial charge on any atom is -0.353 e. The Bertz CT molecular complexity index is 667. The summed E-state index contributed by atoms with van der Waals surface area (Å²) in [4.78, 5) is 8.42. The van der Waals surface area contributed by atoms with E-state index in [4.69, 9.17) is 11.6 Å². The average molecular weight is 358 g/mol. The van der Waals surface area contributed by atoms with Crippen LogP contribution in [0.15, 0.2) is 30.5 Å². The maximum absolute atomic E-state index is 12.5. The number of hydrogen-bond donors (Lipinski definition) is 0. The zero-order chi connectivity index (χ0) is 17.2. The summed E-state index contributed by atoms with van der Waals surface area (Å²) in [6.45, 7) is 3.60. The fraction of sp³-hybridized carbons (Fsp3) is 0.400. The molecule has 24 heavy (non-hydrogen) atoms. The van der Waals surface area contributed by atoms with Gasteiger partial charge in [0.05, 0.1) is 10.7 Å². The van der Waals surface area contributed by atoms with Gasteiger partial charge in [-0.25, -0.2) is 0 Å². The van der Waals surface area contributed by atoms with Gasteiger partial charge < -0.3 is 4.90 Å². The van der Waals surface area contributed by atoms with Crippen molar-refractivity contribution in [3.63, 3.8) is 0 Å². The highest BCUT2D eigenvalue weighted by molar-refractivity contribution is 6.30. The van der Waals surface area contributed by atoms with Crippen LogP contribution in [0.25, 0.3) is 0 Å². The van der Waals surface area contributed by atoms with Gasteiger partial charge in [-0.05, 0) is 24.3 Å². The van der Waals surface area contributed by atoms with Gasteiger partial charge in [0, 0.05) is 38.9 Å². The lowest BCUT2D eigenvalue weighted by Gasteiger charge is -2.35. The zero-order valence-electron chi connectivity index (χ0n) is 12.7. The van der Waals surface area contributed by atoms with Crippen LogP contribution < -0.4 is 4.90 Å². The number of alkyl halides is 3. The van der Waals surface area contributed by atoms with E-state index >= 15 is 0 Å². The Labute approximate surface area is 142 Å². The molecule has 0 N–H and O–H groups in total. The average Bonchev–Trinajstić information content (AvgIpc) is 2.57. The molecule has 0 atom stereocenters. The smallest absolute Gasteiger partial charge is 0.353 e. The number of anilines is 1. The van der Waals surface area contributed by atoms with Gasteiger partial charge in [-0.15, -0.1) is 10.2 Å². The maximum Gasteiger partial charge on any atom is 0.435 e. The molecule has 1 fully saturated rings. The molecule has 9 heteroatoms. The molecule has 0 unspecified atom stereocenters. The van der Waals surface area contributed by atoms with E-state index in [9.17, 15) is 13.2 Å². The monoisotopic (exact) mass is 357 g/mol. The van der Waals surface area contributed by atoms with E-state index < -0.39 is 11.9 Å². The van der Waals surface area contributed by atoms with Crippen molar-refractivity contribution in [2.45, 2.75) is 12.7 Å². The third kappa shape index (κ3) is 4.12. The van der Waals surface area contributed by atoms with Crippen molar-refractivity contribution in [3.8, 4) is 0 Å². The van der Waals surface area contributed by atoms with Gasteiger partial charge in [-0.1, -0.05) is 11.6 Å². The van der Waals surface area contributed by atoms with Crippen LogP contribution in [0, 0.1) is 0 Å². The Kier molecular flexibility index (Phi) is 4.86. The lowest BCUT2D eigenvalue weighted by molar-refractivity contribution is -0.141. The van der Waals surface area contributed by atoms with E-state index in [2.05, 4.69) is 20.1 Å². The molecule has 3 heterocycles. The molecule has 0 amide bonds. The van der Waals surface area contributed by atoms with Crippen LogP contribution in [0.3, 0.4) is 0 Å². The summed E-state index contributed by atoms with van der Waals surface area (Å²) < 4.78 is 37.5. The van der Waals surface area contributed by atoms with Gasteiger partial charge in [0.25, 0.3) is 0 Å². The molecule has 2 aromatic heterocycles. The van der Waals surface area contributed by atoms with Crippen molar-refractivity contribution < 1.29 is 13.2 Å². The highest BCUT2D eigenvalue weighted by Gasteiger charge is 2.33. The molecule has 128 valence electrons. The molecule has 3 rings (SSSR count). The van der Waals surface area contributed by atoms with Crippen molar-refractivity contribution in [3.05, 3.63) is 46.9 Å². The summed E-state index contributed by atoms with van der Waals surface area (Å²) in [6, 6.07) is 6.02. The Morgan fingerprint density at radius 1 is 1.00 bits per heavy atom. The van der Waals surface area contributed by atoms with Gasteiger partial charge >= 0.3 is 6.18 Å². The van der Waals surface area contributed by atoms with Gasteiger partial charge in [0.1, 0.15) is 0 Å². The Balaban J connectivity index is 1.56. The minimum absolute atomic E-state index is 0.465. The molecular weight excluding hydrogens is 343 g/mol. The van der Waals surface area contributed by atoms with Crippen LogP contribution in [0.5, 0.6) is 0 Å². The molecule has 1 aliphatic heterocycles. The summed E-state index contributed by atoms with van der Waals surface area (Å²) >= 11 is 5.81. The van der Waals surface area contributed by atoms with E-state index in [1.54, 1.807) is 12.3 Å². The lowest BCUT2D eigenvalue weighted by atomic mass is 10.2. The first-order chi connectivity index (χ1) is 11.4. The molecule has 5 nitrogen and oxygen atoms in total. The molecule has 0 aliphatic carbocycles. The summed E-state index contributed by atoms with van der Waals surface area (Å²) in [5.74, 6) is 0.465. The fourth-order valence-electron chi connectivity index (χ4n) is 2.51. The van der Waals surface area contributed by atoms with Gasteiger partial charge in [0.2, 0.25) is 0 Å². The third-order valence-electron chi connectivity index (χ3n) is 3.81. The van der Waals surface area contributed by atoms with Crippen LogP contribution in [0.1, 0.15) is 11.4 Å². The second-order valence-electron chi connectivity index (χ2n) is 5.51. The first kappa shape index (κ1) is 16.9. The number of piperazine rings is 1. The third-order valence-corrected chi connectivity index (χ3v) is 4.04. The Hall–Kier alpha value is -1.93. The summed E-state index contributed by atoms with van der Waals surface area (Å²) in [5, 5.41) is 7.57. The van der Waals surface area contributed by atoms with E-state index in [0.29, 0.717) is 30.5 Å². The van der Waals surface area contributed by atoms with Gasteiger partial charge in [0.15, 0.2) is 11.5 Å². The number of hydrogen-bond acceptors (Lipinski definition) is 5. The summed E-state index contributed by atoms with van der Waals surface area (Å²) in [6.07, 6.45) is -2.85. The van der Waals surface area contributed by atoms with Crippen molar-refractivity contribution in [2.75, 3.05) is 31.1 Å².